The highest BCUT2D eigenvalue weighted by atomic mass is 127. The molecule has 1 heterocycles. The molecule has 0 unspecified atom stereocenters. The molecule has 1 aromatic carbocycles. The highest BCUT2D eigenvalue weighted by Gasteiger charge is 2.03. The van der Waals surface area contributed by atoms with Crippen LogP contribution in [0.15, 0.2) is 35.3 Å². The fourth-order valence-electron chi connectivity index (χ4n) is 2.08. The SMILES string of the molecule is CCNC(=NCc1nc(C)c(C)s1)NCCCOc1ccccc1.I. The number of hydrogen-bond donors (Lipinski definition) is 2. The Morgan fingerprint density at radius 3 is 2.60 bits per heavy atom. The first-order chi connectivity index (χ1) is 11.7. The van der Waals surface area contributed by atoms with Crippen LogP contribution in [0.5, 0.6) is 5.75 Å². The minimum atomic E-state index is 0. The van der Waals surface area contributed by atoms with Crippen LogP contribution in [0.3, 0.4) is 0 Å². The van der Waals surface area contributed by atoms with E-state index in [1.165, 1.54) is 4.88 Å². The normalized spacial score (nSPS) is 10.9. The van der Waals surface area contributed by atoms with Crippen molar-refractivity contribution in [3.8, 4) is 5.75 Å². The van der Waals surface area contributed by atoms with Crippen molar-refractivity contribution >= 4 is 41.3 Å². The lowest BCUT2D eigenvalue weighted by molar-refractivity contribution is 0.311. The summed E-state index contributed by atoms with van der Waals surface area (Å²) in [5, 5.41) is 7.64. The summed E-state index contributed by atoms with van der Waals surface area (Å²) in [6.45, 7) is 9.13. The highest BCUT2D eigenvalue weighted by Crippen LogP contribution is 2.16. The van der Waals surface area contributed by atoms with Crippen LogP contribution in [0.2, 0.25) is 0 Å². The summed E-state index contributed by atoms with van der Waals surface area (Å²) in [7, 11) is 0. The van der Waals surface area contributed by atoms with Gasteiger partial charge in [0, 0.05) is 18.0 Å². The number of hydrogen-bond acceptors (Lipinski definition) is 4. The first kappa shape index (κ1) is 21.7. The number of ether oxygens (including phenoxy) is 1. The van der Waals surface area contributed by atoms with E-state index in [1.807, 2.05) is 37.3 Å². The Labute approximate surface area is 171 Å². The van der Waals surface area contributed by atoms with Gasteiger partial charge in [-0.15, -0.1) is 35.3 Å². The summed E-state index contributed by atoms with van der Waals surface area (Å²) in [6.07, 6.45) is 0.911. The minimum Gasteiger partial charge on any atom is -0.494 e. The van der Waals surface area contributed by atoms with Gasteiger partial charge in [-0.1, -0.05) is 18.2 Å². The lowest BCUT2D eigenvalue weighted by Gasteiger charge is -2.11. The Morgan fingerprint density at radius 2 is 1.96 bits per heavy atom. The van der Waals surface area contributed by atoms with Gasteiger partial charge in [0.15, 0.2) is 5.96 Å². The Morgan fingerprint density at radius 1 is 1.20 bits per heavy atom. The molecule has 2 rings (SSSR count). The molecule has 138 valence electrons. The molecule has 0 amide bonds. The van der Waals surface area contributed by atoms with Gasteiger partial charge in [0.1, 0.15) is 10.8 Å². The number of benzene rings is 1. The number of aliphatic imine (C=N–C) groups is 1. The van der Waals surface area contributed by atoms with Gasteiger partial charge in [0.25, 0.3) is 0 Å². The maximum absolute atomic E-state index is 5.68. The molecule has 0 atom stereocenters. The molecule has 2 N–H and O–H groups in total. The average Bonchev–Trinajstić information content (AvgIpc) is 2.91. The summed E-state index contributed by atoms with van der Waals surface area (Å²) in [5.41, 5.74) is 1.10. The first-order valence-electron chi connectivity index (χ1n) is 8.32. The number of thiazole rings is 1. The van der Waals surface area contributed by atoms with Crippen LogP contribution in [0.1, 0.15) is 28.9 Å². The molecule has 0 aliphatic rings. The topological polar surface area (TPSA) is 58.5 Å². The minimum absolute atomic E-state index is 0. The fraction of sp³-hybridized carbons (Fsp3) is 0.444. The number of aromatic nitrogens is 1. The van der Waals surface area contributed by atoms with Crippen LogP contribution >= 0.6 is 35.3 Å². The van der Waals surface area contributed by atoms with Crippen molar-refractivity contribution in [2.45, 2.75) is 33.7 Å². The quantitative estimate of drug-likeness (QED) is 0.264. The monoisotopic (exact) mass is 474 g/mol. The predicted octanol–water partition coefficient (Wildman–Crippen LogP) is 3.90. The van der Waals surface area contributed by atoms with Gasteiger partial charge in [0.05, 0.1) is 18.8 Å². The van der Waals surface area contributed by atoms with Crippen molar-refractivity contribution in [3.63, 3.8) is 0 Å². The number of rotatable bonds is 8. The summed E-state index contributed by atoms with van der Waals surface area (Å²) in [5.74, 6) is 1.73. The van der Waals surface area contributed by atoms with E-state index in [-0.39, 0.29) is 24.0 Å². The van der Waals surface area contributed by atoms with Gasteiger partial charge >= 0.3 is 0 Å². The number of guanidine groups is 1. The van der Waals surface area contributed by atoms with E-state index in [2.05, 4.69) is 34.5 Å². The van der Waals surface area contributed by atoms with Crippen molar-refractivity contribution in [2.24, 2.45) is 4.99 Å². The predicted molar refractivity (Wildman–Crippen MR) is 116 cm³/mol. The van der Waals surface area contributed by atoms with Crippen molar-refractivity contribution < 1.29 is 4.74 Å². The van der Waals surface area contributed by atoms with Crippen LogP contribution < -0.4 is 15.4 Å². The second kappa shape index (κ2) is 12.1. The van der Waals surface area contributed by atoms with Crippen LogP contribution in [0.4, 0.5) is 0 Å². The average molecular weight is 474 g/mol. The maximum Gasteiger partial charge on any atom is 0.191 e. The molecule has 0 fully saturated rings. The third kappa shape index (κ3) is 8.04. The Balaban J connectivity index is 0.00000312. The molecule has 0 bridgehead atoms. The van der Waals surface area contributed by atoms with Gasteiger partial charge < -0.3 is 15.4 Å². The molecule has 2 aromatic rings. The van der Waals surface area contributed by atoms with Crippen molar-refractivity contribution in [2.75, 3.05) is 19.7 Å². The van der Waals surface area contributed by atoms with Crippen LogP contribution in [-0.2, 0) is 6.54 Å². The zero-order chi connectivity index (χ0) is 17.2. The van der Waals surface area contributed by atoms with Crippen LogP contribution in [0, 0.1) is 13.8 Å². The van der Waals surface area contributed by atoms with Crippen molar-refractivity contribution in [3.05, 3.63) is 45.9 Å². The number of para-hydroxylation sites is 1. The molecule has 7 heteroatoms. The van der Waals surface area contributed by atoms with Gasteiger partial charge in [-0.2, -0.15) is 0 Å². The lowest BCUT2D eigenvalue weighted by Crippen LogP contribution is -2.38. The number of nitrogens with one attached hydrogen (secondary N) is 2. The Kier molecular flexibility index (Phi) is 10.5. The molecule has 0 saturated heterocycles. The van der Waals surface area contributed by atoms with Crippen LogP contribution in [-0.4, -0.2) is 30.6 Å². The summed E-state index contributed by atoms with van der Waals surface area (Å²) in [4.78, 5) is 10.4. The number of halogens is 1. The van der Waals surface area contributed by atoms with Gasteiger partial charge in [0.2, 0.25) is 0 Å². The second-order valence-corrected chi connectivity index (χ2v) is 6.67. The smallest absolute Gasteiger partial charge is 0.191 e. The zero-order valence-electron chi connectivity index (χ0n) is 15.0. The molecule has 0 saturated carbocycles. The van der Waals surface area contributed by atoms with Gasteiger partial charge in [-0.05, 0) is 39.3 Å². The molecule has 0 aliphatic carbocycles. The highest BCUT2D eigenvalue weighted by molar-refractivity contribution is 14.0. The lowest BCUT2D eigenvalue weighted by atomic mass is 10.3. The first-order valence-corrected chi connectivity index (χ1v) is 9.13. The van der Waals surface area contributed by atoms with E-state index in [0.717, 1.165) is 41.9 Å². The largest absolute Gasteiger partial charge is 0.494 e. The maximum atomic E-state index is 5.68. The molecule has 1 aromatic heterocycles. The summed E-state index contributed by atoms with van der Waals surface area (Å²) in [6, 6.07) is 9.88. The molecule has 5 nitrogen and oxygen atoms in total. The van der Waals surface area contributed by atoms with Gasteiger partial charge in [-0.25, -0.2) is 9.98 Å². The molecular weight excluding hydrogens is 447 g/mol. The molecular formula is C18H27IN4OS. The second-order valence-electron chi connectivity index (χ2n) is 5.39. The van der Waals surface area contributed by atoms with Crippen molar-refractivity contribution in [1.82, 2.24) is 15.6 Å². The number of nitrogens with zero attached hydrogens (tertiary/aromatic N) is 2. The standard InChI is InChI=1S/C18H26N4OS.HI/c1-4-19-18(21-13-17-22-14(2)15(3)24-17)20-11-8-12-23-16-9-6-5-7-10-16;/h5-7,9-10H,4,8,11-13H2,1-3H3,(H2,19,20,21);1H. The fourth-order valence-corrected chi connectivity index (χ4v) is 2.94. The Hall–Kier alpha value is -1.35. The van der Waals surface area contributed by atoms with Gasteiger partial charge in [-0.3, -0.25) is 0 Å². The third-order valence-corrected chi connectivity index (χ3v) is 4.47. The summed E-state index contributed by atoms with van der Waals surface area (Å²) >= 11 is 1.71. The summed E-state index contributed by atoms with van der Waals surface area (Å²) < 4.78 is 5.68. The zero-order valence-corrected chi connectivity index (χ0v) is 18.2. The van der Waals surface area contributed by atoms with E-state index in [9.17, 15) is 0 Å². The van der Waals surface area contributed by atoms with E-state index < -0.39 is 0 Å². The molecule has 0 radical (unpaired) electrons. The van der Waals surface area contributed by atoms with E-state index in [0.29, 0.717) is 13.2 Å². The van der Waals surface area contributed by atoms with Crippen molar-refractivity contribution in [1.29, 1.82) is 0 Å². The molecule has 0 aliphatic heterocycles. The molecule has 0 spiro atoms. The number of aryl methyl sites for hydroxylation is 2. The van der Waals surface area contributed by atoms with E-state index in [1.54, 1.807) is 11.3 Å². The van der Waals surface area contributed by atoms with Crippen LogP contribution in [0.25, 0.3) is 0 Å². The Bertz CT molecular complexity index is 626. The van der Waals surface area contributed by atoms with E-state index >= 15 is 0 Å². The van der Waals surface area contributed by atoms with E-state index in [4.69, 9.17) is 4.74 Å². The molecule has 25 heavy (non-hydrogen) atoms. The third-order valence-electron chi connectivity index (χ3n) is 3.41.